The molecule has 5 rings (SSSR count). The van der Waals surface area contributed by atoms with E-state index in [0.717, 1.165) is 16.7 Å². The fraction of sp³-hybridized carbons (Fsp3) is 0.172. The second-order valence-corrected chi connectivity index (χ2v) is 10.6. The molecular formula is C29H25ClN2O4S. The number of halogens is 1. The van der Waals surface area contributed by atoms with Crippen molar-refractivity contribution in [1.82, 2.24) is 4.98 Å². The van der Waals surface area contributed by atoms with E-state index in [1.807, 2.05) is 37.3 Å². The number of aliphatic hydroxyl groups is 1. The minimum atomic E-state index is -0.777. The fourth-order valence-electron chi connectivity index (χ4n) is 4.50. The highest BCUT2D eigenvalue weighted by Gasteiger charge is 2.50. The van der Waals surface area contributed by atoms with Crippen LogP contribution in [0.5, 0.6) is 11.5 Å². The smallest absolute Gasteiger partial charge is 0.243 e. The second kappa shape index (κ2) is 10.5. The lowest BCUT2D eigenvalue weighted by Crippen LogP contribution is -2.57. The number of aromatic hydroxyl groups is 2. The summed E-state index contributed by atoms with van der Waals surface area (Å²) < 4.78 is 0. The van der Waals surface area contributed by atoms with Gasteiger partial charge in [0.05, 0.1) is 12.1 Å². The predicted molar refractivity (Wildman–Crippen MR) is 147 cm³/mol. The number of amides is 1. The molecule has 0 aliphatic carbocycles. The van der Waals surface area contributed by atoms with E-state index in [1.54, 1.807) is 47.6 Å². The standard InChI is InChI=1S/C29H25ClN2O4S/c1-17-12-20(15-31-14-17)18-4-8-22(9-5-18)32-27(24-11-10-23(33)13-25(24)34)28(29(32)36)37-16-26(35)19-2-6-21(30)7-3-19/h2-15,26-28,33-35H,16H2,1H3/t26-,27-,28-/m1/s1. The molecule has 1 aromatic heterocycles. The first-order valence-electron chi connectivity index (χ1n) is 11.7. The minimum absolute atomic E-state index is 0.0584. The predicted octanol–water partition coefficient (Wildman–Crippen LogP) is 6.04. The molecular weight excluding hydrogens is 508 g/mol. The van der Waals surface area contributed by atoms with Crippen molar-refractivity contribution in [3.05, 3.63) is 107 Å². The van der Waals surface area contributed by atoms with Crippen molar-refractivity contribution in [2.75, 3.05) is 10.7 Å². The lowest BCUT2D eigenvalue weighted by molar-refractivity contribution is -0.123. The number of phenolic OH excluding ortho intramolecular Hbond substituents is 2. The van der Waals surface area contributed by atoms with E-state index in [9.17, 15) is 20.1 Å². The lowest BCUT2D eigenvalue weighted by Gasteiger charge is -2.47. The van der Waals surface area contributed by atoms with Crippen LogP contribution in [0.3, 0.4) is 0 Å². The normalized spacial score (nSPS) is 17.9. The van der Waals surface area contributed by atoms with Crippen molar-refractivity contribution < 1.29 is 20.1 Å². The molecule has 0 spiro atoms. The Hall–Kier alpha value is -3.52. The van der Waals surface area contributed by atoms with Crippen molar-refractivity contribution in [2.24, 2.45) is 0 Å². The van der Waals surface area contributed by atoms with E-state index < -0.39 is 17.4 Å². The maximum absolute atomic E-state index is 13.4. The molecule has 3 atom stereocenters. The number of carbonyl (C=O) groups is 1. The largest absolute Gasteiger partial charge is 0.508 e. The molecule has 3 aromatic carbocycles. The molecule has 3 N–H and O–H groups in total. The number of aromatic nitrogens is 1. The first-order valence-corrected chi connectivity index (χ1v) is 13.2. The molecule has 0 radical (unpaired) electrons. The topological polar surface area (TPSA) is 93.9 Å². The number of hydrogen-bond acceptors (Lipinski definition) is 6. The van der Waals surface area contributed by atoms with Crippen LogP contribution in [0, 0.1) is 6.92 Å². The first-order chi connectivity index (χ1) is 17.8. The maximum atomic E-state index is 13.4. The number of aryl methyl sites for hydroxylation is 1. The zero-order chi connectivity index (χ0) is 26.1. The number of rotatable bonds is 7. The molecule has 37 heavy (non-hydrogen) atoms. The van der Waals surface area contributed by atoms with E-state index >= 15 is 0 Å². The zero-order valence-electron chi connectivity index (χ0n) is 20.0. The minimum Gasteiger partial charge on any atom is -0.508 e. The molecule has 1 saturated heterocycles. The molecule has 0 bridgehead atoms. The molecule has 6 nitrogen and oxygen atoms in total. The Kier molecular flexibility index (Phi) is 7.11. The van der Waals surface area contributed by atoms with Crippen molar-refractivity contribution in [1.29, 1.82) is 0 Å². The number of aliphatic hydroxyl groups excluding tert-OH is 1. The summed E-state index contributed by atoms with van der Waals surface area (Å²) in [5.41, 5.74) is 4.96. The van der Waals surface area contributed by atoms with Gasteiger partial charge in [-0.3, -0.25) is 9.78 Å². The number of nitrogens with zero attached hydrogens (tertiary/aromatic N) is 2. The van der Waals surface area contributed by atoms with E-state index in [2.05, 4.69) is 4.98 Å². The van der Waals surface area contributed by atoms with Crippen molar-refractivity contribution >= 4 is 35.0 Å². The summed E-state index contributed by atoms with van der Waals surface area (Å²) in [6, 6.07) is 20.6. The number of benzene rings is 3. The Morgan fingerprint density at radius 3 is 2.38 bits per heavy atom. The molecule has 2 heterocycles. The van der Waals surface area contributed by atoms with Crippen molar-refractivity contribution in [3.8, 4) is 22.6 Å². The van der Waals surface area contributed by atoms with Gasteiger partial charge in [-0.05, 0) is 66.1 Å². The molecule has 1 fully saturated rings. The number of β-lactam (4-membered cyclic amide) rings is 1. The van der Waals surface area contributed by atoms with Gasteiger partial charge < -0.3 is 20.2 Å². The maximum Gasteiger partial charge on any atom is 0.243 e. The second-order valence-electron chi connectivity index (χ2n) is 9.02. The van der Waals surface area contributed by atoms with Gasteiger partial charge in [0.2, 0.25) is 5.91 Å². The van der Waals surface area contributed by atoms with E-state index in [0.29, 0.717) is 27.6 Å². The number of carbonyl (C=O) groups excluding carboxylic acids is 1. The summed E-state index contributed by atoms with van der Waals surface area (Å²) in [5, 5.41) is 31.2. The summed E-state index contributed by atoms with van der Waals surface area (Å²) >= 11 is 7.29. The highest BCUT2D eigenvalue weighted by molar-refractivity contribution is 8.00. The molecule has 1 aliphatic rings. The Labute approximate surface area is 224 Å². The highest BCUT2D eigenvalue weighted by atomic mass is 35.5. The van der Waals surface area contributed by atoms with Gasteiger partial charge in [0.1, 0.15) is 16.7 Å². The van der Waals surface area contributed by atoms with Gasteiger partial charge in [0.25, 0.3) is 0 Å². The van der Waals surface area contributed by atoms with Gasteiger partial charge in [-0.25, -0.2) is 0 Å². The van der Waals surface area contributed by atoms with Gasteiger partial charge in [0.15, 0.2) is 0 Å². The van der Waals surface area contributed by atoms with Crippen LogP contribution in [0.4, 0.5) is 5.69 Å². The quantitative estimate of drug-likeness (QED) is 0.251. The third-order valence-corrected chi connectivity index (χ3v) is 8.00. The molecule has 4 aromatic rings. The molecule has 1 aliphatic heterocycles. The van der Waals surface area contributed by atoms with Crippen molar-refractivity contribution in [2.45, 2.75) is 24.3 Å². The number of phenols is 2. The van der Waals surface area contributed by atoms with E-state index in [4.69, 9.17) is 11.6 Å². The molecule has 1 amide bonds. The molecule has 0 saturated carbocycles. The Morgan fingerprint density at radius 2 is 1.70 bits per heavy atom. The van der Waals surface area contributed by atoms with Crippen LogP contribution >= 0.6 is 23.4 Å². The Morgan fingerprint density at radius 1 is 0.973 bits per heavy atom. The zero-order valence-corrected chi connectivity index (χ0v) is 21.5. The van der Waals surface area contributed by atoms with E-state index in [1.165, 1.54) is 23.9 Å². The third kappa shape index (κ3) is 5.16. The van der Waals surface area contributed by atoms with Gasteiger partial charge in [-0.15, -0.1) is 11.8 Å². The first kappa shape index (κ1) is 25.1. The molecule has 0 unspecified atom stereocenters. The molecule has 188 valence electrons. The van der Waals surface area contributed by atoms with Crippen LogP contribution in [0.2, 0.25) is 5.02 Å². The summed E-state index contributed by atoms with van der Waals surface area (Å²) in [6.07, 6.45) is 2.82. The van der Waals surface area contributed by atoms with Gasteiger partial charge in [-0.1, -0.05) is 35.9 Å². The summed E-state index contributed by atoms with van der Waals surface area (Å²) in [6.45, 7) is 1.99. The number of anilines is 1. The summed E-state index contributed by atoms with van der Waals surface area (Å²) in [5.74, 6) is 0.0297. The van der Waals surface area contributed by atoms with Crippen LogP contribution < -0.4 is 4.90 Å². The van der Waals surface area contributed by atoms with Crippen LogP contribution in [0.15, 0.2) is 85.2 Å². The van der Waals surface area contributed by atoms with Crippen LogP contribution in [-0.2, 0) is 4.79 Å². The van der Waals surface area contributed by atoms with Gasteiger partial charge in [-0.2, -0.15) is 0 Å². The highest BCUT2D eigenvalue weighted by Crippen LogP contribution is 2.48. The van der Waals surface area contributed by atoms with Crippen molar-refractivity contribution in [3.63, 3.8) is 0 Å². The van der Waals surface area contributed by atoms with Crippen LogP contribution in [0.25, 0.3) is 11.1 Å². The SMILES string of the molecule is Cc1cncc(-c2ccc(N3C(=O)[C@H](SC[C@@H](O)c4ccc(Cl)cc4)[C@H]3c3ccc(O)cc3O)cc2)c1. The van der Waals surface area contributed by atoms with Gasteiger partial charge >= 0.3 is 0 Å². The average molecular weight is 533 g/mol. The summed E-state index contributed by atoms with van der Waals surface area (Å²) in [7, 11) is 0. The third-order valence-electron chi connectivity index (χ3n) is 6.42. The molecule has 8 heteroatoms. The fourth-order valence-corrected chi connectivity index (χ4v) is 5.92. The Bertz CT molecular complexity index is 1430. The van der Waals surface area contributed by atoms with E-state index in [-0.39, 0.29) is 17.4 Å². The van der Waals surface area contributed by atoms with Crippen LogP contribution in [0.1, 0.15) is 28.8 Å². The lowest BCUT2D eigenvalue weighted by atomic mass is 9.91. The summed E-state index contributed by atoms with van der Waals surface area (Å²) in [4.78, 5) is 19.3. The number of pyridine rings is 1. The monoisotopic (exact) mass is 532 g/mol. The van der Waals surface area contributed by atoms with Gasteiger partial charge in [0, 0.05) is 46.0 Å². The van der Waals surface area contributed by atoms with Crippen LogP contribution in [-0.4, -0.2) is 37.2 Å². The Balaban J connectivity index is 1.40. The number of thioether (sulfide) groups is 1. The average Bonchev–Trinajstić information content (AvgIpc) is 2.88. The number of hydrogen-bond donors (Lipinski definition) is 3.